The number of para-hydroxylation sites is 1. The molecule has 110 valence electrons. The van der Waals surface area contributed by atoms with E-state index in [1.165, 1.54) is 0 Å². The molecule has 2 aromatic rings. The summed E-state index contributed by atoms with van der Waals surface area (Å²) in [6.45, 7) is 2.82. The minimum absolute atomic E-state index is 0.00552. The topological polar surface area (TPSA) is 64.1 Å². The Bertz CT molecular complexity index is 555. The lowest BCUT2D eigenvalue weighted by molar-refractivity contribution is -0.121. The number of aromatic nitrogens is 2. The van der Waals surface area contributed by atoms with Gasteiger partial charge in [0.1, 0.15) is 5.75 Å². The molecule has 0 aliphatic rings. The lowest BCUT2D eigenvalue weighted by atomic mass is 10.3. The molecule has 0 saturated carbocycles. The number of hydrogen-bond donors (Lipinski definition) is 1. The molecule has 1 N–H and O–H groups in total. The van der Waals surface area contributed by atoms with Crippen molar-refractivity contribution >= 4 is 5.91 Å². The van der Waals surface area contributed by atoms with Gasteiger partial charge < -0.3 is 10.1 Å². The van der Waals surface area contributed by atoms with Crippen LogP contribution in [0.5, 0.6) is 5.75 Å². The van der Waals surface area contributed by atoms with Crippen molar-refractivity contribution in [2.45, 2.75) is 26.3 Å². The minimum Gasteiger partial charge on any atom is -0.494 e. The molecule has 21 heavy (non-hydrogen) atoms. The molecule has 0 saturated heterocycles. The molecule has 0 spiro atoms. The van der Waals surface area contributed by atoms with Gasteiger partial charge in [-0.05, 0) is 37.6 Å². The first-order valence-corrected chi connectivity index (χ1v) is 6.98. The van der Waals surface area contributed by atoms with E-state index in [1.54, 1.807) is 0 Å². The molecule has 0 fully saturated rings. The summed E-state index contributed by atoms with van der Waals surface area (Å²) >= 11 is 0. The molecule has 2 rings (SSSR count). The van der Waals surface area contributed by atoms with Gasteiger partial charge in [-0.3, -0.25) is 4.79 Å². The Morgan fingerprint density at radius 3 is 2.67 bits per heavy atom. The van der Waals surface area contributed by atoms with E-state index in [-0.39, 0.29) is 5.91 Å². The first-order valence-electron chi connectivity index (χ1n) is 6.98. The van der Waals surface area contributed by atoms with Gasteiger partial charge in [0.15, 0.2) is 0 Å². The Morgan fingerprint density at radius 2 is 1.95 bits per heavy atom. The van der Waals surface area contributed by atoms with Gasteiger partial charge in [0.2, 0.25) is 5.91 Å². The van der Waals surface area contributed by atoms with E-state index in [4.69, 9.17) is 4.74 Å². The highest BCUT2D eigenvalue weighted by molar-refractivity contribution is 5.75. The van der Waals surface area contributed by atoms with E-state index in [2.05, 4.69) is 15.5 Å². The maximum absolute atomic E-state index is 11.7. The minimum atomic E-state index is -0.00552. The fraction of sp³-hybridized carbons (Fsp3) is 0.312. The molecule has 0 atom stereocenters. The Labute approximate surface area is 124 Å². The SMILES string of the molecule is Cc1ccc(CNC(=O)CCCOc2ccccc2)nn1. The van der Waals surface area contributed by atoms with Crippen LogP contribution >= 0.6 is 0 Å². The fourth-order valence-electron chi connectivity index (χ4n) is 1.74. The highest BCUT2D eigenvalue weighted by Gasteiger charge is 2.02. The van der Waals surface area contributed by atoms with Gasteiger partial charge in [0.25, 0.3) is 0 Å². The zero-order chi connectivity index (χ0) is 14.9. The first-order chi connectivity index (χ1) is 10.2. The van der Waals surface area contributed by atoms with E-state index in [0.29, 0.717) is 26.0 Å². The number of carbonyl (C=O) groups is 1. The van der Waals surface area contributed by atoms with Gasteiger partial charge in [-0.15, -0.1) is 0 Å². The average molecular weight is 285 g/mol. The van der Waals surface area contributed by atoms with E-state index in [0.717, 1.165) is 17.1 Å². The molecule has 1 heterocycles. The lowest BCUT2D eigenvalue weighted by Crippen LogP contribution is -2.23. The van der Waals surface area contributed by atoms with Crippen LogP contribution in [0.4, 0.5) is 0 Å². The Balaban J connectivity index is 1.60. The first kappa shape index (κ1) is 15.0. The van der Waals surface area contributed by atoms with E-state index < -0.39 is 0 Å². The van der Waals surface area contributed by atoms with Gasteiger partial charge in [-0.1, -0.05) is 18.2 Å². The maximum atomic E-state index is 11.7. The van der Waals surface area contributed by atoms with Gasteiger partial charge in [0, 0.05) is 6.42 Å². The summed E-state index contributed by atoms with van der Waals surface area (Å²) in [5.41, 5.74) is 1.62. The Kier molecular flexibility index (Phi) is 5.70. The van der Waals surface area contributed by atoms with Crippen LogP contribution in [0.3, 0.4) is 0 Å². The second kappa shape index (κ2) is 7.99. The van der Waals surface area contributed by atoms with Crippen molar-refractivity contribution < 1.29 is 9.53 Å². The van der Waals surface area contributed by atoms with Crippen LogP contribution in [0.1, 0.15) is 24.2 Å². The summed E-state index contributed by atoms with van der Waals surface area (Å²) in [6, 6.07) is 13.3. The fourth-order valence-corrected chi connectivity index (χ4v) is 1.74. The molecule has 5 nitrogen and oxygen atoms in total. The number of hydrogen-bond acceptors (Lipinski definition) is 4. The van der Waals surface area contributed by atoms with E-state index in [1.807, 2.05) is 49.4 Å². The monoisotopic (exact) mass is 285 g/mol. The molecule has 0 radical (unpaired) electrons. The summed E-state index contributed by atoms with van der Waals surface area (Å²) < 4.78 is 5.53. The Hall–Kier alpha value is -2.43. The Morgan fingerprint density at radius 1 is 1.14 bits per heavy atom. The van der Waals surface area contributed by atoms with Crippen molar-refractivity contribution in [3.8, 4) is 5.75 Å². The molecular formula is C16H19N3O2. The zero-order valence-electron chi connectivity index (χ0n) is 12.1. The molecule has 1 aromatic carbocycles. The summed E-state index contributed by atoms with van der Waals surface area (Å²) in [5.74, 6) is 0.821. The normalized spacial score (nSPS) is 10.1. The van der Waals surface area contributed by atoms with Crippen molar-refractivity contribution in [1.82, 2.24) is 15.5 Å². The number of rotatable bonds is 7. The third-order valence-corrected chi connectivity index (χ3v) is 2.88. The molecule has 0 bridgehead atoms. The van der Waals surface area contributed by atoms with Crippen molar-refractivity contribution in [1.29, 1.82) is 0 Å². The second-order valence-electron chi connectivity index (χ2n) is 4.71. The molecule has 5 heteroatoms. The molecule has 0 aliphatic carbocycles. The van der Waals surface area contributed by atoms with Crippen molar-refractivity contribution in [3.05, 3.63) is 53.9 Å². The van der Waals surface area contributed by atoms with Crippen LogP contribution in [-0.4, -0.2) is 22.7 Å². The molecule has 0 unspecified atom stereocenters. The van der Waals surface area contributed by atoms with Crippen LogP contribution in [0.15, 0.2) is 42.5 Å². The van der Waals surface area contributed by atoms with Crippen molar-refractivity contribution in [2.75, 3.05) is 6.61 Å². The number of nitrogens with one attached hydrogen (secondary N) is 1. The highest BCUT2D eigenvalue weighted by Crippen LogP contribution is 2.08. The van der Waals surface area contributed by atoms with Crippen LogP contribution in [-0.2, 0) is 11.3 Å². The number of nitrogens with zero attached hydrogens (tertiary/aromatic N) is 2. The van der Waals surface area contributed by atoms with E-state index >= 15 is 0 Å². The van der Waals surface area contributed by atoms with E-state index in [9.17, 15) is 4.79 Å². The largest absolute Gasteiger partial charge is 0.494 e. The smallest absolute Gasteiger partial charge is 0.220 e. The van der Waals surface area contributed by atoms with Gasteiger partial charge >= 0.3 is 0 Å². The zero-order valence-corrected chi connectivity index (χ0v) is 12.1. The standard InChI is InChI=1S/C16H19N3O2/c1-13-9-10-14(19-18-13)12-17-16(20)8-5-11-21-15-6-3-2-4-7-15/h2-4,6-7,9-10H,5,8,11-12H2,1H3,(H,17,20). The third-order valence-electron chi connectivity index (χ3n) is 2.88. The van der Waals surface area contributed by atoms with Gasteiger partial charge in [-0.2, -0.15) is 10.2 Å². The summed E-state index contributed by atoms with van der Waals surface area (Å²) in [4.78, 5) is 11.7. The van der Waals surface area contributed by atoms with Gasteiger partial charge in [-0.25, -0.2) is 0 Å². The number of benzene rings is 1. The molecule has 0 aliphatic heterocycles. The predicted molar refractivity (Wildman–Crippen MR) is 79.8 cm³/mol. The third kappa shape index (κ3) is 5.60. The van der Waals surface area contributed by atoms with Crippen LogP contribution < -0.4 is 10.1 Å². The summed E-state index contributed by atoms with van der Waals surface area (Å²) in [6.07, 6.45) is 1.12. The summed E-state index contributed by atoms with van der Waals surface area (Å²) in [5, 5.41) is 10.8. The predicted octanol–water partition coefficient (Wildman–Crippen LogP) is 2.26. The average Bonchev–Trinajstić information content (AvgIpc) is 2.52. The maximum Gasteiger partial charge on any atom is 0.220 e. The van der Waals surface area contributed by atoms with Crippen LogP contribution in [0.2, 0.25) is 0 Å². The number of aryl methyl sites for hydroxylation is 1. The lowest BCUT2D eigenvalue weighted by Gasteiger charge is -2.06. The van der Waals surface area contributed by atoms with Crippen LogP contribution in [0, 0.1) is 6.92 Å². The quantitative estimate of drug-likeness (QED) is 0.793. The van der Waals surface area contributed by atoms with Crippen molar-refractivity contribution in [3.63, 3.8) is 0 Å². The second-order valence-corrected chi connectivity index (χ2v) is 4.71. The molecular weight excluding hydrogens is 266 g/mol. The van der Waals surface area contributed by atoms with Crippen LogP contribution in [0.25, 0.3) is 0 Å². The highest BCUT2D eigenvalue weighted by atomic mass is 16.5. The summed E-state index contributed by atoms with van der Waals surface area (Å²) in [7, 11) is 0. The van der Waals surface area contributed by atoms with Crippen molar-refractivity contribution in [2.24, 2.45) is 0 Å². The molecule has 1 aromatic heterocycles. The number of ether oxygens (including phenoxy) is 1. The number of amides is 1. The van der Waals surface area contributed by atoms with Gasteiger partial charge in [0.05, 0.1) is 24.5 Å². The number of carbonyl (C=O) groups excluding carboxylic acids is 1. The molecule has 1 amide bonds.